The quantitative estimate of drug-likeness (QED) is 0.668. The lowest BCUT2D eigenvalue weighted by atomic mass is 10.2. The summed E-state index contributed by atoms with van der Waals surface area (Å²) in [5.74, 6) is -0.571. The third-order valence-electron chi connectivity index (χ3n) is 2.16. The average molecular weight is 299 g/mol. The molecule has 0 bridgehead atoms. The van der Waals surface area contributed by atoms with Gasteiger partial charge in [0, 0.05) is 16.5 Å². The Bertz CT molecular complexity index is 658. The standard InChI is InChI=1S/C10H7ClN4O3S/c11-5-1-2-6(8(3-5)15(17)18)13-9(16)7-4-19-10(12)14-7/h1-4H,(H2,12,14)(H,13,16). The number of thiazole rings is 1. The molecule has 0 radical (unpaired) electrons. The number of amides is 1. The van der Waals surface area contributed by atoms with Gasteiger partial charge in [-0.2, -0.15) is 0 Å². The molecule has 98 valence electrons. The number of carbonyl (C=O) groups excluding carboxylic acids is 1. The van der Waals surface area contributed by atoms with Crippen LogP contribution in [-0.4, -0.2) is 15.8 Å². The number of nitrogen functional groups attached to an aromatic ring is 1. The van der Waals surface area contributed by atoms with Crippen molar-refractivity contribution in [2.45, 2.75) is 0 Å². The zero-order chi connectivity index (χ0) is 14.0. The number of nitro benzene ring substituents is 1. The van der Waals surface area contributed by atoms with Gasteiger partial charge in [-0.15, -0.1) is 11.3 Å². The van der Waals surface area contributed by atoms with Gasteiger partial charge >= 0.3 is 0 Å². The summed E-state index contributed by atoms with van der Waals surface area (Å²) in [5, 5.41) is 15.2. The van der Waals surface area contributed by atoms with E-state index in [1.807, 2.05) is 0 Å². The van der Waals surface area contributed by atoms with Crippen molar-refractivity contribution < 1.29 is 9.72 Å². The van der Waals surface area contributed by atoms with E-state index < -0.39 is 10.8 Å². The van der Waals surface area contributed by atoms with Crippen molar-refractivity contribution in [1.29, 1.82) is 0 Å². The van der Waals surface area contributed by atoms with Gasteiger partial charge in [-0.05, 0) is 12.1 Å². The van der Waals surface area contributed by atoms with E-state index in [2.05, 4.69) is 10.3 Å². The monoisotopic (exact) mass is 298 g/mol. The Morgan fingerprint density at radius 2 is 2.26 bits per heavy atom. The summed E-state index contributed by atoms with van der Waals surface area (Å²) < 4.78 is 0. The highest BCUT2D eigenvalue weighted by Gasteiger charge is 2.18. The van der Waals surface area contributed by atoms with Crippen molar-refractivity contribution >= 4 is 45.4 Å². The van der Waals surface area contributed by atoms with Gasteiger partial charge < -0.3 is 11.1 Å². The number of nitro groups is 1. The minimum atomic E-state index is -0.628. The van der Waals surface area contributed by atoms with Crippen LogP contribution >= 0.6 is 22.9 Å². The highest BCUT2D eigenvalue weighted by Crippen LogP contribution is 2.28. The first-order chi connectivity index (χ1) is 8.97. The molecule has 2 aromatic rings. The molecular weight excluding hydrogens is 292 g/mol. The summed E-state index contributed by atoms with van der Waals surface area (Å²) in [6.07, 6.45) is 0. The molecular formula is C10H7ClN4O3S. The Labute approximate surface area is 116 Å². The lowest BCUT2D eigenvalue weighted by Crippen LogP contribution is -2.13. The van der Waals surface area contributed by atoms with Crippen LogP contribution in [0, 0.1) is 10.1 Å². The molecule has 0 aliphatic carbocycles. The molecule has 0 aliphatic heterocycles. The molecule has 2 rings (SSSR count). The summed E-state index contributed by atoms with van der Waals surface area (Å²) in [6.45, 7) is 0. The van der Waals surface area contributed by atoms with Crippen LogP contribution in [-0.2, 0) is 0 Å². The smallest absolute Gasteiger partial charge is 0.294 e. The SMILES string of the molecule is Nc1nc(C(=O)Nc2ccc(Cl)cc2[N+](=O)[O-])cs1. The molecule has 0 atom stereocenters. The van der Waals surface area contributed by atoms with Gasteiger partial charge in [0.25, 0.3) is 11.6 Å². The summed E-state index contributed by atoms with van der Waals surface area (Å²) in [5.41, 5.74) is 5.27. The molecule has 0 aliphatic rings. The predicted molar refractivity (Wildman–Crippen MR) is 72.6 cm³/mol. The van der Waals surface area contributed by atoms with Crippen LogP contribution < -0.4 is 11.1 Å². The van der Waals surface area contributed by atoms with Gasteiger partial charge in [0.1, 0.15) is 11.4 Å². The van der Waals surface area contributed by atoms with Gasteiger partial charge in [0.2, 0.25) is 0 Å². The maximum Gasteiger partial charge on any atom is 0.294 e. The molecule has 0 fully saturated rings. The minimum Gasteiger partial charge on any atom is -0.375 e. The maximum absolute atomic E-state index is 11.8. The van der Waals surface area contributed by atoms with E-state index in [1.165, 1.54) is 17.5 Å². The number of anilines is 2. The highest BCUT2D eigenvalue weighted by atomic mass is 35.5. The molecule has 0 saturated carbocycles. The number of carbonyl (C=O) groups is 1. The third kappa shape index (κ3) is 2.98. The van der Waals surface area contributed by atoms with Crippen LogP contribution in [0.1, 0.15) is 10.5 Å². The van der Waals surface area contributed by atoms with E-state index in [0.717, 1.165) is 17.4 Å². The van der Waals surface area contributed by atoms with E-state index in [4.69, 9.17) is 17.3 Å². The molecule has 1 aromatic carbocycles. The van der Waals surface area contributed by atoms with Gasteiger partial charge in [-0.3, -0.25) is 14.9 Å². The number of nitrogens with two attached hydrogens (primary N) is 1. The van der Waals surface area contributed by atoms with Gasteiger partial charge in [0.05, 0.1) is 4.92 Å². The fraction of sp³-hybridized carbons (Fsp3) is 0. The third-order valence-corrected chi connectivity index (χ3v) is 3.07. The summed E-state index contributed by atoms with van der Waals surface area (Å²) in [6, 6.07) is 3.96. The fourth-order valence-electron chi connectivity index (χ4n) is 1.34. The molecule has 0 spiro atoms. The molecule has 3 N–H and O–H groups in total. The number of aromatic nitrogens is 1. The predicted octanol–water partition coefficient (Wildman–Crippen LogP) is 2.54. The Morgan fingerprint density at radius 1 is 1.53 bits per heavy atom. The van der Waals surface area contributed by atoms with E-state index in [1.54, 1.807) is 0 Å². The molecule has 19 heavy (non-hydrogen) atoms. The molecule has 1 heterocycles. The molecule has 1 aromatic heterocycles. The van der Waals surface area contributed by atoms with Crippen LogP contribution in [0.3, 0.4) is 0 Å². The number of hydrogen-bond acceptors (Lipinski definition) is 6. The van der Waals surface area contributed by atoms with Crippen LogP contribution in [0.15, 0.2) is 23.6 Å². The van der Waals surface area contributed by atoms with E-state index >= 15 is 0 Å². The van der Waals surface area contributed by atoms with Crippen molar-refractivity contribution in [2.75, 3.05) is 11.1 Å². The highest BCUT2D eigenvalue weighted by molar-refractivity contribution is 7.13. The first-order valence-electron chi connectivity index (χ1n) is 4.93. The minimum absolute atomic E-state index is 0.0472. The summed E-state index contributed by atoms with van der Waals surface area (Å²) in [4.78, 5) is 25.8. The summed E-state index contributed by atoms with van der Waals surface area (Å²) >= 11 is 6.78. The van der Waals surface area contributed by atoms with Crippen LogP contribution in [0.2, 0.25) is 5.02 Å². The number of halogens is 1. The Morgan fingerprint density at radius 3 is 2.84 bits per heavy atom. The van der Waals surface area contributed by atoms with Crippen molar-refractivity contribution in [3.05, 3.63) is 44.4 Å². The topological polar surface area (TPSA) is 111 Å². The number of nitrogens with one attached hydrogen (secondary N) is 1. The Balaban J connectivity index is 2.28. The second-order valence-electron chi connectivity index (χ2n) is 3.44. The lowest BCUT2D eigenvalue weighted by molar-refractivity contribution is -0.383. The largest absolute Gasteiger partial charge is 0.375 e. The van der Waals surface area contributed by atoms with E-state index in [9.17, 15) is 14.9 Å². The second kappa shape index (κ2) is 5.21. The molecule has 9 heteroatoms. The number of nitrogens with zero attached hydrogens (tertiary/aromatic N) is 2. The molecule has 7 nitrogen and oxygen atoms in total. The lowest BCUT2D eigenvalue weighted by Gasteiger charge is -2.04. The van der Waals surface area contributed by atoms with Gasteiger partial charge in [0.15, 0.2) is 5.13 Å². The summed E-state index contributed by atoms with van der Waals surface area (Å²) in [7, 11) is 0. The van der Waals surface area contributed by atoms with E-state index in [0.29, 0.717) is 0 Å². The first kappa shape index (κ1) is 13.2. The van der Waals surface area contributed by atoms with Crippen molar-refractivity contribution in [3.8, 4) is 0 Å². The van der Waals surface area contributed by atoms with Gasteiger partial charge in [-0.1, -0.05) is 11.6 Å². The zero-order valence-electron chi connectivity index (χ0n) is 9.29. The van der Waals surface area contributed by atoms with Crippen LogP contribution in [0.25, 0.3) is 0 Å². The second-order valence-corrected chi connectivity index (χ2v) is 4.77. The maximum atomic E-state index is 11.8. The zero-order valence-corrected chi connectivity index (χ0v) is 10.9. The van der Waals surface area contributed by atoms with Crippen molar-refractivity contribution in [3.63, 3.8) is 0 Å². The van der Waals surface area contributed by atoms with Crippen molar-refractivity contribution in [1.82, 2.24) is 4.98 Å². The fourth-order valence-corrected chi connectivity index (χ4v) is 2.05. The first-order valence-corrected chi connectivity index (χ1v) is 6.19. The molecule has 0 saturated heterocycles. The number of hydrogen-bond donors (Lipinski definition) is 2. The van der Waals surface area contributed by atoms with Gasteiger partial charge in [-0.25, -0.2) is 4.98 Å². The number of rotatable bonds is 3. The Hall–Kier alpha value is -2.19. The number of benzene rings is 1. The Kier molecular flexibility index (Phi) is 3.63. The molecule has 1 amide bonds. The average Bonchev–Trinajstić information content (AvgIpc) is 2.78. The molecule has 0 unspecified atom stereocenters. The van der Waals surface area contributed by atoms with E-state index in [-0.39, 0.29) is 27.2 Å². The normalized spacial score (nSPS) is 10.2. The van der Waals surface area contributed by atoms with Crippen LogP contribution in [0.5, 0.6) is 0 Å². The van der Waals surface area contributed by atoms with Crippen molar-refractivity contribution in [2.24, 2.45) is 0 Å². The van der Waals surface area contributed by atoms with Crippen LogP contribution in [0.4, 0.5) is 16.5 Å².